The fourth-order valence-electron chi connectivity index (χ4n) is 1.97. The Labute approximate surface area is 98.0 Å². The van der Waals surface area contributed by atoms with Crippen molar-refractivity contribution in [2.24, 2.45) is 0 Å². The minimum Gasteiger partial charge on any atom is -0.497 e. The van der Waals surface area contributed by atoms with Gasteiger partial charge in [0.2, 0.25) is 0 Å². The Morgan fingerprint density at radius 2 is 2.00 bits per heavy atom. The fraction of sp³-hybridized carbons (Fsp3) is 0.417. The van der Waals surface area contributed by atoms with Crippen LogP contribution in [-0.2, 0) is 0 Å². The molecule has 0 saturated carbocycles. The molecule has 1 aliphatic rings. The van der Waals surface area contributed by atoms with Crippen LogP contribution >= 0.6 is 9.24 Å². The van der Waals surface area contributed by atoms with Gasteiger partial charge in [-0.2, -0.15) is 0 Å². The molecule has 1 saturated heterocycles. The van der Waals surface area contributed by atoms with E-state index in [0.29, 0.717) is 5.56 Å². The smallest absolute Gasteiger partial charge is 0.254 e. The van der Waals surface area contributed by atoms with Gasteiger partial charge in [-0.3, -0.25) is 4.79 Å². The number of hydrogen-bond acceptors (Lipinski definition) is 2. The van der Waals surface area contributed by atoms with Gasteiger partial charge in [0.05, 0.1) is 7.11 Å². The van der Waals surface area contributed by atoms with E-state index in [2.05, 4.69) is 9.24 Å². The Bertz CT molecular complexity index is 400. The van der Waals surface area contributed by atoms with Gasteiger partial charge in [0.25, 0.3) is 5.91 Å². The number of rotatable bonds is 2. The zero-order valence-corrected chi connectivity index (χ0v) is 10.6. The summed E-state index contributed by atoms with van der Waals surface area (Å²) in [4.78, 5) is 14.0. The lowest BCUT2D eigenvalue weighted by molar-refractivity contribution is 0.0792. The molecular weight excluding hydrogens is 221 g/mol. The van der Waals surface area contributed by atoms with E-state index < -0.39 is 0 Å². The standard InChI is InChI=1S/C12H16NO2P/c1-15-10-6-9(7-11(16)8-10)12(14)13-4-2-3-5-13/h6-8H,2-5,16H2,1H3. The van der Waals surface area contributed by atoms with Gasteiger partial charge in [0.15, 0.2) is 0 Å². The Morgan fingerprint density at radius 1 is 1.31 bits per heavy atom. The van der Waals surface area contributed by atoms with Gasteiger partial charge >= 0.3 is 0 Å². The molecule has 1 aliphatic heterocycles. The lowest BCUT2D eigenvalue weighted by atomic mass is 10.2. The number of ether oxygens (including phenoxy) is 1. The topological polar surface area (TPSA) is 29.5 Å². The third-order valence-corrected chi connectivity index (χ3v) is 3.14. The summed E-state index contributed by atoms with van der Waals surface area (Å²) in [6.45, 7) is 1.75. The van der Waals surface area contributed by atoms with Crippen LogP contribution in [0, 0.1) is 0 Å². The minimum atomic E-state index is 0.111. The first-order valence-corrected chi connectivity index (χ1v) is 6.02. The van der Waals surface area contributed by atoms with Crippen molar-refractivity contribution >= 4 is 20.5 Å². The minimum absolute atomic E-state index is 0.111. The van der Waals surface area contributed by atoms with E-state index in [4.69, 9.17) is 4.74 Å². The molecule has 0 N–H and O–H groups in total. The molecule has 4 heteroatoms. The lowest BCUT2D eigenvalue weighted by Gasteiger charge is -2.16. The summed E-state index contributed by atoms with van der Waals surface area (Å²) < 4.78 is 5.16. The fourth-order valence-corrected chi connectivity index (χ4v) is 2.31. The molecule has 0 radical (unpaired) electrons. The van der Waals surface area contributed by atoms with Crippen LogP contribution in [0.5, 0.6) is 5.75 Å². The zero-order chi connectivity index (χ0) is 11.5. The third-order valence-electron chi connectivity index (χ3n) is 2.80. The molecule has 2 rings (SSSR count). The van der Waals surface area contributed by atoms with Gasteiger partial charge in [-0.25, -0.2) is 0 Å². The number of hydrogen-bond donors (Lipinski definition) is 0. The van der Waals surface area contributed by atoms with Crippen molar-refractivity contribution in [2.75, 3.05) is 20.2 Å². The highest BCUT2D eigenvalue weighted by molar-refractivity contribution is 7.27. The number of nitrogens with zero attached hydrogens (tertiary/aromatic N) is 1. The number of likely N-dealkylation sites (tertiary alicyclic amines) is 1. The van der Waals surface area contributed by atoms with Crippen LogP contribution in [0.4, 0.5) is 0 Å². The summed E-state index contributed by atoms with van der Waals surface area (Å²) in [6, 6.07) is 5.58. The number of carbonyl (C=O) groups excluding carboxylic acids is 1. The van der Waals surface area contributed by atoms with Crippen molar-refractivity contribution in [1.29, 1.82) is 0 Å². The number of amides is 1. The second-order valence-corrected chi connectivity index (χ2v) is 4.66. The second-order valence-electron chi connectivity index (χ2n) is 3.99. The summed E-state index contributed by atoms with van der Waals surface area (Å²) in [5, 5.41) is 0.974. The van der Waals surface area contributed by atoms with Crippen molar-refractivity contribution in [1.82, 2.24) is 4.90 Å². The van der Waals surface area contributed by atoms with Crippen LogP contribution in [0.25, 0.3) is 0 Å². The van der Waals surface area contributed by atoms with Gasteiger partial charge in [-0.15, -0.1) is 9.24 Å². The maximum absolute atomic E-state index is 12.1. The zero-order valence-electron chi connectivity index (χ0n) is 9.40. The first kappa shape index (κ1) is 11.4. The van der Waals surface area contributed by atoms with Crippen LogP contribution in [0.15, 0.2) is 18.2 Å². The highest BCUT2D eigenvalue weighted by Gasteiger charge is 2.19. The van der Waals surface area contributed by atoms with Crippen molar-refractivity contribution in [3.8, 4) is 5.75 Å². The van der Waals surface area contributed by atoms with E-state index in [1.165, 1.54) is 0 Å². The van der Waals surface area contributed by atoms with Crippen LogP contribution in [-0.4, -0.2) is 31.0 Å². The van der Waals surface area contributed by atoms with E-state index in [0.717, 1.165) is 37.0 Å². The molecule has 0 aliphatic carbocycles. The lowest BCUT2D eigenvalue weighted by Crippen LogP contribution is -2.28. The summed E-state index contributed by atoms with van der Waals surface area (Å²) in [7, 11) is 4.21. The monoisotopic (exact) mass is 237 g/mol. The summed E-state index contributed by atoms with van der Waals surface area (Å²) in [5.41, 5.74) is 0.714. The van der Waals surface area contributed by atoms with E-state index in [1.807, 2.05) is 17.0 Å². The highest BCUT2D eigenvalue weighted by atomic mass is 31.0. The first-order chi connectivity index (χ1) is 7.70. The molecule has 1 aromatic rings. The molecule has 1 unspecified atom stereocenters. The van der Waals surface area contributed by atoms with Crippen molar-refractivity contribution in [3.05, 3.63) is 23.8 Å². The molecule has 1 fully saturated rings. The molecule has 0 aromatic heterocycles. The summed E-state index contributed by atoms with van der Waals surface area (Å²) in [5.74, 6) is 0.843. The SMILES string of the molecule is COc1cc(P)cc(C(=O)N2CCCC2)c1. The van der Waals surface area contributed by atoms with E-state index in [1.54, 1.807) is 13.2 Å². The van der Waals surface area contributed by atoms with Crippen molar-refractivity contribution in [2.45, 2.75) is 12.8 Å². The Morgan fingerprint density at radius 3 is 2.62 bits per heavy atom. The maximum Gasteiger partial charge on any atom is 0.254 e. The summed E-state index contributed by atoms with van der Waals surface area (Å²) in [6.07, 6.45) is 2.23. The van der Waals surface area contributed by atoms with E-state index in [-0.39, 0.29) is 5.91 Å². The number of methoxy groups -OCH3 is 1. The van der Waals surface area contributed by atoms with Gasteiger partial charge in [0, 0.05) is 18.7 Å². The number of carbonyl (C=O) groups is 1. The van der Waals surface area contributed by atoms with Crippen LogP contribution < -0.4 is 10.0 Å². The molecule has 16 heavy (non-hydrogen) atoms. The highest BCUT2D eigenvalue weighted by Crippen LogP contribution is 2.17. The predicted molar refractivity (Wildman–Crippen MR) is 67.5 cm³/mol. The van der Waals surface area contributed by atoms with Crippen LogP contribution in [0.1, 0.15) is 23.2 Å². The van der Waals surface area contributed by atoms with Crippen LogP contribution in [0.3, 0.4) is 0 Å². The van der Waals surface area contributed by atoms with E-state index >= 15 is 0 Å². The average molecular weight is 237 g/mol. The van der Waals surface area contributed by atoms with Crippen molar-refractivity contribution in [3.63, 3.8) is 0 Å². The number of benzene rings is 1. The van der Waals surface area contributed by atoms with Gasteiger partial charge in [0.1, 0.15) is 5.75 Å². The van der Waals surface area contributed by atoms with Gasteiger partial charge in [-0.05, 0) is 36.3 Å². The van der Waals surface area contributed by atoms with Gasteiger partial charge < -0.3 is 9.64 Å². The predicted octanol–water partition coefficient (Wildman–Crippen LogP) is 1.43. The first-order valence-electron chi connectivity index (χ1n) is 5.44. The average Bonchev–Trinajstić information content (AvgIpc) is 2.80. The molecule has 1 amide bonds. The van der Waals surface area contributed by atoms with Crippen LogP contribution in [0.2, 0.25) is 0 Å². The second kappa shape index (κ2) is 4.84. The molecule has 86 valence electrons. The third kappa shape index (κ3) is 2.35. The molecular formula is C12H16NO2P. The Hall–Kier alpha value is -1.08. The van der Waals surface area contributed by atoms with Gasteiger partial charge in [-0.1, -0.05) is 0 Å². The van der Waals surface area contributed by atoms with E-state index in [9.17, 15) is 4.79 Å². The molecule has 0 bridgehead atoms. The quantitative estimate of drug-likeness (QED) is 0.728. The molecule has 1 heterocycles. The molecule has 0 spiro atoms. The molecule has 3 nitrogen and oxygen atoms in total. The van der Waals surface area contributed by atoms with Crippen molar-refractivity contribution < 1.29 is 9.53 Å². The largest absolute Gasteiger partial charge is 0.497 e. The Kier molecular flexibility index (Phi) is 3.45. The summed E-state index contributed by atoms with van der Waals surface area (Å²) >= 11 is 0. The molecule has 1 atom stereocenters. The normalized spacial score (nSPS) is 15.2. The molecule has 1 aromatic carbocycles. The maximum atomic E-state index is 12.1. The Balaban J connectivity index is 2.24.